The molecule has 0 N–H and O–H groups in total. The maximum atomic E-state index is 12.7. The number of aryl methyl sites for hydroxylation is 1. The van der Waals surface area contributed by atoms with Crippen LogP contribution in [0.1, 0.15) is 48.1 Å². The fourth-order valence-electron chi connectivity index (χ4n) is 3.35. The van der Waals surface area contributed by atoms with Gasteiger partial charge in [0.25, 0.3) is 5.91 Å². The highest BCUT2D eigenvalue weighted by atomic mass is 16.5. The van der Waals surface area contributed by atoms with Gasteiger partial charge in [-0.05, 0) is 43.3 Å². The second-order valence-electron chi connectivity index (χ2n) is 7.55. The molecular weight excluding hydrogens is 368 g/mol. The summed E-state index contributed by atoms with van der Waals surface area (Å²) in [5, 5.41) is 4.03. The van der Waals surface area contributed by atoms with Crippen molar-refractivity contribution in [2.75, 3.05) is 13.1 Å². The zero-order chi connectivity index (χ0) is 20.4. The number of likely N-dealkylation sites (tertiary alicyclic amines) is 1. The number of hydrogen-bond donors (Lipinski definition) is 0. The summed E-state index contributed by atoms with van der Waals surface area (Å²) < 4.78 is 11.3. The van der Waals surface area contributed by atoms with Crippen molar-refractivity contribution >= 4 is 5.91 Å². The van der Waals surface area contributed by atoms with E-state index in [-0.39, 0.29) is 17.9 Å². The van der Waals surface area contributed by atoms with Gasteiger partial charge in [-0.3, -0.25) is 9.78 Å². The number of amides is 1. The normalized spacial score (nSPS) is 16.4. The van der Waals surface area contributed by atoms with Gasteiger partial charge in [-0.25, -0.2) is 0 Å². The molecule has 4 rings (SSSR count). The van der Waals surface area contributed by atoms with Crippen LogP contribution in [0.5, 0.6) is 5.75 Å². The summed E-state index contributed by atoms with van der Waals surface area (Å²) in [6.07, 6.45) is 2.47. The van der Waals surface area contributed by atoms with Crippen LogP contribution < -0.4 is 4.74 Å². The lowest BCUT2D eigenvalue weighted by Crippen LogP contribution is -2.31. The lowest BCUT2D eigenvalue weighted by molar-refractivity contribution is 0.0771. The topological polar surface area (TPSA) is 81.4 Å². The average molecular weight is 392 g/mol. The summed E-state index contributed by atoms with van der Waals surface area (Å²) in [4.78, 5) is 23.2. The smallest absolute Gasteiger partial charge is 0.255 e. The average Bonchev–Trinajstić information content (AvgIpc) is 3.38. The van der Waals surface area contributed by atoms with Crippen molar-refractivity contribution in [1.29, 1.82) is 0 Å². The predicted molar refractivity (Wildman–Crippen MR) is 108 cm³/mol. The Morgan fingerprint density at radius 3 is 2.72 bits per heavy atom. The summed E-state index contributed by atoms with van der Waals surface area (Å²) in [6.45, 7) is 7.12. The van der Waals surface area contributed by atoms with Crippen molar-refractivity contribution in [2.24, 2.45) is 0 Å². The van der Waals surface area contributed by atoms with Crippen LogP contribution in [0.3, 0.4) is 0 Å². The van der Waals surface area contributed by atoms with E-state index in [4.69, 9.17) is 9.26 Å². The number of carbonyl (C=O) groups is 1. The number of nitrogens with zero attached hydrogens (tertiary/aromatic N) is 4. The van der Waals surface area contributed by atoms with Crippen molar-refractivity contribution < 1.29 is 14.1 Å². The quantitative estimate of drug-likeness (QED) is 0.656. The predicted octanol–water partition coefficient (Wildman–Crippen LogP) is 3.86. The maximum Gasteiger partial charge on any atom is 0.255 e. The fraction of sp³-hybridized carbons (Fsp3) is 0.364. The van der Waals surface area contributed by atoms with E-state index in [1.165, 1.54) is 0 Å². The van der Waals surface area contributed by atoms with Crippen molar-refractivity contribution in [1.82, 2.24) is 20.0 Å². The molecule has 7 heteroatoms. The standard InChI is InChI=1S/C22H24N4O3/c1-14(2)21-24-20(25-29-21)16-6-8-17(9-7-16)28-18-10-12-26(13-18)22(27)19-5-4-11-23-15(19)3/h4-9,11,14,18H,10,12-13H2,1-3H3. The van der Waals surface area contributed by atoms with E-state index in [1.54, 1.807) is 12.3 Å². The second kappa shape index (κ2) is 8.03. The third kappa shape index (κ3) is 4.13. The van der Waals surface area contributed by atoms with Crippen LogP contribution >= 0.6 is 0 Å². The van der Waals surface area contributed by atoms with Crippen LogP contribution in [0.4, 0.5) is 0 Å². The van der Waals surface area contributed by atoms with Crippen LogP contribution in [0, 0.1) is 6.92 Å². The van der Waals surface area contributed by atoms with E-state index in [0.717, 1.165) is 23.4 Å². The summed E-state index contributed by atoms with van der Waals surface area (Å²) in [5.41, 5.74) is 2.28. The first kappa shape index (κ1) is 19.1. The molecule has 1 atom stereocenters. The summed E-state index contributed by atoms with van der Waals surface area (Å²) in [5.74, 6) is 2.17. The molecule has 0 aliphatic carbocycles. The Balaban J connectivity index is 1.37. The van der Waals surface area contributed by atoms with Crippen LogP contribution in [0.2, 0.25) is 0 Å². The Morgan fingerprint density at radius 1 is 1.24 bits per heavy atom. The van der Waals surface area contributed by atoms with E-state index in [2.05, 4.69) is 15.1 Å². The molecule has 1 aliphatic rings. The summed E-state index contributed by atoms with van der Waals surface area (Å²) in [6, 6.07) is 11.2. The Bertz CT molecular complexity index is 997. The number of ether oxygens (including phenoxy) is 1. The van der Waals surface area contributed by atoms with Crippen LogP contribution in [-0.2, 0) is 0 Å². The van der Waals surface area contributed by atoms with Gasteiger partial charge in [-0.15, -0.1) is 0 Å². The largest absolute Gasteiger partial charge is 0.489 e. The minimum atomic E-state index is -0.0282. The number of hydrogen-bond acceptors (Lipinski definition) is 6. The highest BCUT2D eigenvalue weighted by molar-refractivity contribution is 5.95. The lowest BCUT2D eigenvalue weighted by Gasteiger charge is -2.18. The first-order valence-corrected chi connectivity index (χ1v) is 9.83. The number of carbonyl (C=O) groups excluding carboxylic acids is 1. The lowest BCUT2D eigenvalue weighted by atomic mass is 10.2. The van der Waals surface area contributed by atoms with Crippen molar-refractivity contribution in [2.45, 2.75) is 39.2 Å². The van der Waals surface area contributed by atoms with E-state index < -0.39 is 0 Å². The third-order valence-electron chi connectivity index (χ3n) is 5.02. The zero-order valence-corrected chi connectivity index (χ0v) is 16.8. The van der Waals surface area contributed by atoms with Crippen molar-refractivity contribution in [3.63, 3.8) is 0 Å². The number of benzene rings is 1. The summed E-state index contributed by atoms with van der Waals surface area (Å²) >= 11 is 0. The van der Waals surface area contributed by atoms with Crippen molar-refractivity contribution in [3.8, 4) is 17.1 Å². The molecule has 0 spiro atoms. The molecule has 7 nitrogen and oxygen atoms in total. The first-order valence-electron chi connectivity index (χ1n) is 9.83. The zero-order valence-electron chi connectivity index (χ0n) is 16.8. The van der Waals surface area contributed by atoms with E-state index >= 15 is 0 Å². The second-order valence-corrected chi connectivity index (χ2v) is 7.55. The minimum absolute atomic E-state index is 0.00936. The number of rotatable bonds is 5. The first-order chi connectivity index (χ1) is 14.0. The number of pyridine rings is 1. The molecule has 1 saturated heterocycles. The maximum absolute atomic E-state index is 12.7. The molecule has 1 aliphatic heterocycles. The number of aromatic nitrogens is 3. The molecule has 3 heterocycles. The minimum Gasteiger partial charge on any atom is -0.489 e. The highest BCUT2D eigenvalue weighted by Gasteiger charge is 2.29. The fourth-order valence-corrected chi connectivity index (χ4v) is 3.35. The molecule has 2 aromatic heterocycles. The monoisotopic (exact) mass is 392 g/mol. The van der Waals surface area contributed by atoms with E-state index in [1.807, 2.05) is 56.0 Å². The molecule has 1 aromatic carbocycles. The van der Waals surface area contributed by atoms with Crippen LogP contribution in [-0.4, -0.2) is 45.1 Å². The Labute approximate surface area is 169 Å². The van der Waals surface area contributed by atoms with Gasteiger partial charge in [0.15, 0.2) is 0 Å². The summed E-state index contributed by atoms with van der Waals surface area (Å²) in [7, 11) is 0. The molecule has 150 valence electrons. The van der Waals surface area contributed by atoms with E-state index in [0.29, 0.717) is 30.4 Å². The Kier molecular flexibility index (Phi) is 5.29. The SMILES string of the molecule is Cc1ncccc1C(=O)N1CCC(Oc2ccc(-c3noc(C(C)C)n3)cc2)C1. The van der Waals surface area contributed by atoms with Crippen LogP contribution in [0.25, 0.3) is 11.4 Å². The molecule has 1 unspecified atom stereocenters. The molecule has 1 fully saturated rings. The Hall–Kier alpha value is -3.22. The molecule has 3 aromatic rings. The molecule has 0 bridgehead atoms. The van der Waals surface area contributed by atoms with Gasteiger partial charge < -0.3 is 14.2 Å². The van der Waals surface area contributed by atoms with Gasteiger partial charge >= 0.3 is 0 Å². The van der Waals surface area contributed by atoms with Gasteiger partial charge in [0, 0.05) is 36.3 Å². The van der Waals surface area contributed by atoms with Gasteiger partial charge in [-0.1, -0.05) is 19.0 Å². The molecular formula is C22H24N4O3. The van der Waals surface area contributed by atoms with Gasteiger partial charge in [0.1, 0.15) is 11.9 Å². The van der Waals surface area contributed by atoms with Gasteiger partial charge in [0.05, 0.1) is 12.1 Å². The van der Waals surface area contributed by atoms with E-state index in [9.17, 15) is 4.79 Å². The molecule has 0 radical (unpaired) electrons. The van der Waals surface area contributed by atoms with Crippen molar-refractivity contribution in [3.05, 3.63) is 59.7 Å². The third-order valence-corrected chi connectivity index (χ3v) is 5.02. The molecule has 1 amide bonds. The molecule has 29 heavy (non-hydrogen) atoms. The van der Waals surface area contributed by atoms with Gasteiger partial charge in [0.2, 0.25) is 11.7 Å². The highest BCUT2D eigenvalue weighted by Crippen LogP contribution is 2.24. The van der Waals surface area contributed by atoms with Crippen LogP contribution in [0.15, 0.2) is 47.1 Å². The van der Waals surface area contributed by atoms with Gasteiger partial charge in [-0.2, -0.15) is 4.98 Å². The Morgan fingerprint density at radius 2 is 2.03 bits per heavy atom. The molecule has 0 saturated carbocycles.